The van der Waals surface area contributed by atoms with E-state index in [4.69, 9.17) is 10.5 Å². The molecule has 1 aliphatic rings. The first-order valence-electron chi connectivity index (χ1n) is 9.30. The maximum atomic E-state index is 13.1. The summed E-state index contributed by atoms with van der Waals surface area (Å²) >= 11 is 0. The summed E-state index contributed by atoms with van der Waals surface area (Å²) in [6.45, 7) is 5.94. The molecule has 0 saturated carbocycles. The third-order valence-electron chi connectivity index (χ3n) is 4.79. The van der Waals surface area contributed by atoms with Gasteiger partial charge in [0, 0.05) is 29.7 Å². The topological polar surface area (TPSA) is 84.6 Å². The molecule has 2 N–H and O–H groups in total. The van der Waals surface area contributed by atoms with E-state index < -0.39 is 0 Å². The Morgan fingerprint density at radius 3 is 2.71 bits per heavy atom. The molecule has 1 aliphatic heterocycles. The van der Waals surface area contributed by atoms with Gasteiger partial charge in [0.1, 0.15) is 12.4 Å². The van der Waals surface area contributed by atoms with Crippen LogP contribution in [0.4, 0.5) is 0 Å². The summed E-state index contributed by atoms with van der Waals surface area (Å²) in [7, 11) is 3.96. The van der Waals surface area contributed by atoms with Crippen molar-refractivity contribution in [3.05, 3.63) is 58.8 Å². The minimum atomic E-state index is -0.109. The van der Waals surface area contributed by atoms with Crippen LogP contribution in [0.3, 0.4) is 0 Å². The van der Waals surface area contributed by atoms with Crippen LogP contribution in [-0.2, 0) is 0 Å². The van der Waals surface area contributed by atoms with E-state index in [9.17, 15) is 4.79 Å². The smallest absolute Gasteiger partial charge is 0.258 e. The standard InChI is InChI=1S/C21H27N5O2/c1-14-11-23-20(24-15(14)2)17-12-26(13-18(17)22)21(27)16-7-5-6-8-19(16)28-10-9-25(3)4/h5-8,11H,9-10,12-13,22H2,1-4H3. The molecule has 0 bridgehead atoms. The molecule has 7 heteroatoms. The van der Waals surface area contributed by atoms with E-state index >= 15 is 0 Å². The van der Waals surface area contributed by atoms with Gasteiger partial charge in [0.2, 0.25) is 0 Å². The van der Waals surface area contributed by atoms with Gasteiger partial charge < -0.3 is 20.3 Å². The molecule has 3 rings (SSSR count). The van der Waals surface area contributed by atoms with Crippen molar-refractivity contribution in [2.45, 2.75) is 13.8 Å². The molecule has 1 aromatic carbocycles. The van der Waals surface area contributed by atoms with Crippen molar-refractivity contribution in [1.82, 2.24) is 19.8 Å². The van der Waals surface area contributed by atoms with Crippen LogP contribution >= 0.6 is 0 Å². The Morgan fingerprint density at radius 1 is 1.25 bits per heavy atom. The van der Waals surface area contributed by atoms with E-state index in [1.165, 1.54) is 0 Å². The number of hydrogen-bond acceptors (Lipinski definition) is 6. The van der Waals surface area contributed by atoms with Crippen LogP contribution in [0.5, 0.6) is 5.75 Å². The number of rotatable bonds is 6. The number of ether oxygens (including phenoxy) is 1. The second-order valence-corrected chi connectivity index (χ2v) is 7.27. The molecule has 7 nitrogen and oxygen atoms in total. The first-order chi connectivity index (χ1) is 13.4. The average Bonchev–Trinajstić information content (AvgIpc) is 3.05. The van der Waals surface area contributed by atoms with Crippen molar-refractivity contribution in [1.29, 1.82) is 0 Å². The normalized spacial score (nSPS) is 14.1. The average molecular weight is 381 g/mol. The van der Waals surface area contributed by atoms with E-state index in [-0.39, 0.29) is 5.91 Å². The van der Waals surface area contributed by atoms with Gasteiger partial charge in [-0.2, -0.15) is 0 Å². The molecule has 148 valence electrons. The van der Waals surface area contributed by atoms with Crippen LogP contribution in [-0.4, -0.2) is 66.0 Å². The highest BCUT2D eigenvalue weighted by Gasteiger charge is 2.29. The first kappa shape index (κ1) is 19.8. The second-order valence-electron chi connectivity index (χ2n) is 7.27. The summed E-state index contributed by atoms with van der Waals surface area (Å²) < 4.78 is 5.84. The van der Waals surface area contributed by atoms with Crippen LogP contribution in [0.25, 0.3) is 5.57 Å². The SMILES string of the molecule is Cc1cnc(C2=C(N)CN(C(=O)c3ccccc3OCCN(C)C)C2)nc1C. The Morgan fingerprint density at radius 2 is 2.00 bits per heavy atom. The summed E-state index contributed by atoms with van der Waals surface area (Å²) in [4.78, 5) is 25.8. The third kappa shape index (κ3) is 4.31. The Bertz CT molecular complexity index is 907. The molecule has 1 aromatic heterocycles. The number of benzene rings is 1. The van der Waals surface area contributed by atoms with E-state index in [0.717, 1.165) is 23.4 Å². The van der Waals surface area contributed by atoms with Crippen molar-refractivity contribution in [3.8, 4) is 5.75 Å². The lowest BCUT2D eigenvalue weighted by molar-refractivity contribution is 0.0794. The molecule has 28 heavy (non-hydrogen) atoms. The molecule has 0 atom stereocenters. The maximum Gasteiger partial charge on any atom is 0.258 e. The van der Waals surface area contributed by atoms with Crippen LogP contribution < -0.4 is 10.5 Å². The lowest BCUT2D eigenvalue weighted by Gasteiger charge is -2.19. The van der Waals surface area contributed by atoms with Crippen LogP contribution in [0, 0.1) is 13.8 Å². The predicted molar refractivity (Wildman–Crippen MR) is 109 cm³/mol. The molecule has 0 unspecified atom stereocenters. The van der Waals surface area contributed by atoms with Crippen LogP contribution in [0.1, 0.15) is 27.4 Å². The zero-order valence-corrected chi connectivity index (χ0v) is 16.9. The van der Waals surface area contributed by atoms with Crippen LogP contribution in [0.2, 0.25) is 0 Å². The molecule has 0 aliphatic carbocycles. The van der Waals surface area contributed by atoms with Crippen molar-refractivity contribution in [2.75, 3.05) is 40.3 Å². The van der Waals surface area contributed by atoms with Gasteiger partial charge >= 0.3 is 0 Å². The lowest BCUT2D eigenvalue weighted by atomic mass is 10.1. The number of carbonyl (C=O) groups is 1. The molecule has 2 aromatic rings. The number of hydrogen-bond donors (Lipinski definition) is 1. The minimum Gasteiger partial charge on any atom is -0.491 e. The minimum absolute atomic E-state index is 0.109. The molecule has 0 saturated heterocycles. The zero-order chi connectivity index (χ0) is 20.3. The van der Waals surface area contributed by atoms with Crippen molar-refractivity contribution >= 4 is 11.5 Å². The number of aryl methyl sites for hydroxylation is 2. The second kappa shape index (κ2) is 8.39. The van der Waals surface area contributed by atoms with E-state index in [1.807, 2.05) is 51.0 Å². The first-order valence-corrected chi connectivity index (χ1v) is 9.30. The van der Waals surface area contributed by atoms with Gasteiger partial charge in [0.25, 0.3) is 5.91 Å². The third-order valence-corrected chi connectivity index (χ3v) is 4.79. The number of carbonyl (C=O) groups excluding carboxylic acids is 1. The number of likely N-dealkylation sites (N-methyl/N-ethyl adjacent to an activating group) is 1. The molecule has 0 radical (unpaired) electrons. The van der Waals surface area contributed by atoms with Gasteiger partial charge in [-0.15, -0.1) is 0 Å². The predicted octanol–water partition coefficient (Wildman–Crippen LogP) is 1.86. The Hall–Kier alpha value is -2.93. The van der Waals surface area contributed by atoms with Crippen LogP contribution in [0.15, 0.2) is 36.2 Å². The van der Waals surface area contributed by atoms with Gasteiger partial charge in [0.15, 0.2) is 5.82 Å². The van der Waals surface area contributed by atoms with Gasteiger partial charge in [0.05, 0.1) is 18.7 Å². The Balaban J connectivity index is 1.75. The zero-order valence-electron chi connectivity index (χ0n) is 16.9. The van der Waals surface area contributed by atoms with E-state index in [0.29, 0.717) is 42.5 Å². The summed E-state index contributed by atoms with van der Waals surface area (Å²) in [5.41, 5.74) is 10.1. The highest BCUT2D eigenvalue weighted by atomic mass is 16.5. The highest BCUT2D eigenvalue weighted by molar-refractivity contribution is 5.98. The molecule has 0 fully saturated rings. The van der Waals surface area contributed by atoms with Crippen molar-refractivity contribution in [2.24, 2.45) is 5.73 Å². The lowest BCUT2D eigenvalue weighted by Crippen LogP contribution is -2.30. The Labute approximate surface area is 165 Å². The molecule has 2 heterocycles. The molecule has 1 amide bonds. The molecular weight excluding hydrogens is 354 g/mol. The van der Waals surface area contributed by atoms with E-state index in [2.05, 4.69) is 9.97 Å². The van der Waals surface area contributed by atoms with E-state index in [1.54, 1.807) is 17.2 Å². The van der Waals surface area contributed by atoms with Gasteiger partial charge in [-0.3, -0.25) is 4.79 Å². The van der Waals surface area contributed by atoms with Crippen molar-refractivity contribution in [3.63, 3.8) is 0 Å². The van der Waals surface area contributed by atoms with Gasteiger partial charge in [-0.25, -0.2) is 9.97 Å². The highest BCUT2D eigenvalue weighted by Crippen LogP contribution is 2.26. The molecule has 0 spiro atoms. The fourth-order valence-corrected chi connectivity index (χ4v) is 2.96. The van der Waals surface area contributed by atoms with Gasteiger partial charge in [-0.1, -0.05) is 12.1 Å². The quantitative estimate of drug-likeness (QED) is 0.822. The maximum absolute atomic E-state index is 13.1. The molecular formula is C21H27N5O2. The number of nitrogens with zero attached hydrogens (tertiary/aromatic N) is 4. The summed E-state index contributed by atoms with van der Waals surface area (Å²) in [6.07, 6.45) is 1.79. The summed E-state index contributed by atoms with van der Waals surface area (Å²) in [6, 6.07) is 7.32. The largest absolute Gasteiger partial charge is 0.491 e. The van der Waals surface area contributed by atoms with Crippen molar-refractivity contribution < 1.29 is 9.53 Å². The monoisotopic (exact) mass is 381 g/mol. The number of amides is 1. The Kier molecular flexibility index (Phi) is 5.94. The summed E-state index contributed by atoms with van der Waals surface area (Å²) in [5, 5.41) is 0. The fourth-order valence-electron chi connectivity index (χ4n) is 2.96. The number of para-hydroxylation sites is 1. The number of nitrogens with two attached hydrogens (primary N) is 1. The fraction of sp³-hybridized carbons (Fsp3) is 0.381. The number of aromatic nitrogens is 2. The van der Waals surface area contributed by atoms with Gasteiger partial charge in [-0.05, 0) is 45.6 Å². The summed E-state index contributed by atoms with van der Waals surface area (Å²) in [5.74, 6) is 1.07.